The van der Waals surface area contributed by atoms with Crippen molar-refractivity contribution in [1.29, 1.82) is 0 Å². The number of carbonyl (C=O) groups excluding carboxylic acids is 2. The maximum absolute atomic E-state index is 11.0. The molecule has 0 unspecified atom stereocenters. The summed E-state index contributed by atoms with van der Waals surface area (Å²) < 4.78 is 0. The van der Waals surface area contributed by atoms with E-state index in [1.54, 1.807) is 0 Å². The summed E-state index contributed by atoms with van der Waals surface area (Å²) in [6.45, 7) is 0. The summed E-state index contributed by atoms with van der Waals surface area (Å²) in [5.41, 5.74) is 0.0792. The SMILES string of the molecule is O=C(NCl)c1cccc(C(=O)NCl)n1. The molecule has 74 valence electrons. The fraction of sp³-hybridized carbons (Fsp3) is 0. The second-order valence-electron chi connectivity index (χ2n) is 2.26. The molecule has 2 amide bonds. The maximum atomic E-state index is 11.0. The highest BCUT2D eigenvalue weighted by atomic mass is 35.5. The number of carbonyl (C=O) groups is 2. The average Bonchev–Trinajstić information content (AvgIpc) is 2.27. The fourth-order valence-electron chi connectivity index (χ4n) is 0.784. The van der Waals surface area contributed by atoms with Crippen molar-refractivity contribution < 1.29 is 9.59 Å². The standard InChI is InChI=1S/C7H5Cl2N3O2/c8-11-6(13)4-2-1-3-5(10-4)7(14)12-9/h1-3H,(H,11,13)(H,12,14). The van der Waals surface area contributed by atoms with E-state index in [0.29, 0.717) is 0 Å². The summed E-state index contributed by atoms with van der Waals surface area (Å²) in [5, 5.41) is 0. The molecule has 0 bridgehead atoms. The number of aromatic nitrogens is 1. The molecule has 0 radical (unpaired) electrons. The molecule has 2 N–H and O–H groups in total. The quantitative estimate of drug-likeness (QED) is 0.745. The van der Waals surface area contributed by atoms with Crippen molar-refractivity contribution in [3.63, 3.8) is 0 Å². The molecule has 1 aromatic rings. The Morgan fingerprint density at radius 1 is 1.07 bits per heavy atom. The lowest BCUT2D eigenvalue weighted by Gasteiger charge is -1.99. The molecule has 1 heterocycles. The third kappa shape index (κ3) is 2.34. The number of nitrogens with one attached hydrogen (secondary N) is 2. The highest BCUT2D eigenvalue weighted by Crippen LogP contribution is 2.00. The van der Waals surface area contributed by atoms with E-state index in [2.05, 4.69) is 4.98 Å². The lowest BCUT2D eigenvalue weighted by Crippen LogP contribution is -2.19. The van der Waals surface area contributed by atoms with Crippen LogP contribution < -0.4 is 9.67 Å². The van der Waals surface area contributed by atoms with Crippen LogP contribution in [-0.4, -0.2) is 16.8 Å². The van der Waals surface area contributed by atoms with E-state index in [9.17, 15) is 9.59 Å². The molecular weight excluding hydrogens is 229 g/mol. The third-order valence-corrected chi connectivity index (χ3v) is 1.73. The van der Waals surface area contributed by atoms with Crippen LogP contribution in [0.4, 0.5) is 0 Å². The van der Waals surface area contributed by atoms with Gasteiger partial charge >= 0.3 is 0 Å². The number of halogens is 2. The van der Waals surface area contributed by atoms with E-state index < -0.39 is 11.8 Å². The second kappa shape index (κ2) is 4.78. The van der Waals surface area contributed by atoms with E-state index in [0.717, 1.165) is 0 Å². The fourth-order valence-corrected chi connectivity index (χ4v) is 0.978. The van der Waals surface area contributed by atoms with Crippen LogP contribution in [0.3, 0.4) is 0 Å². The Balaban J connectivity index is 3.01. The van der Waals surface area contributed by atoms with Gasteiger partial charge < -0.3 is 0 Å². The highest BCUT2D eigenvalue weighted by Gasteiger charge is 2.10. The third-order valence-electron chi connectivity index (χ3n) is 1.39. The van der Waals surface area contributed by atoms with Crippen molar-refractivity contribution in [2.75, 3.05) is 0 Å². The predicted octanol–water partition coefficient (Wildman–Crippen LogP) is 0.849. The van der Waals surface area contributed by atoms with Gasteiger partial charge in [-0.15, -0.1) is 0 Å². The number of hydrogen-bond donors (Lipinski definition) is 2. The minimum atomic E-state index is -0.587. The molecule has 7 heteroatoms. The van der Waals surface area contributed by atoms with Gasteiger partial charge in [-0.2, -0.15) is 0 Å². The van der Waals surface area contributed by atoms with Crippen LogP contribution in [0.25, 0.3) is 0 Å². The van der Waals surface area contributed by atoms with Crippen LogP contribution in [0, 0.1) is 0 Å². The van der Waals surface area contributed by atoms with Gasteiger partial charge in [-0.3, -0.25) is 19.3 Å². The van der Waals surface area contributed by atoms with Crippen LogP contribution in [-0.2, 0) is 0 Å². The number of nitrogens with zero attached hydrogens (tertiary/aromatic N) is 1. The van der Waals surface area contributed by atoms with Gasteiger partial charge in [0.15, 0.2) is 0 Å². The number of rotatable bonds is 2. The van der Waals surface area contributed by atoms with Crippen LogP contribution in [0.2, 0.25) is 0 Å². The summed E-state index contributed by atoms with van der Waals surface area (Å²) in [7, 11) is 0. The van der Waals surface area contributed by atoms with Crippen molar-refractivity contribution in [2.45, 2.75) is 0 Å². The van der Waals surface area contributed by atoms with Gasteiger partial charge in [0, 0.05) is 23.6 Å². The van der Waals surface area contributed by atoms with E-state index >= 15 is 0 Å². The Labute approximate surface area is 89.6 Å². The average molecular weight is 234 g/mol. The second-order valence-corrected chi connectivity index (χ2v) is 2.63. The Kier molecular flexibility index (Phi) is 3.67. The first-order chi connectivity index (χ1) is 6.69. The minimum Gasteiger partial charge on any atom is -0.266 e. The van der Waals surface area contributed by atoms with Gasteiger partial charge in [0.05, 0.1) is 0 Å². The normalized spacial score (nSPS) is 9.29. The Hall–Kier alpha value is -1.33. The van der Waals surface area contributed by atoms with Gasteiger partial charge in [0.1, 0.15) is 11.4 Å². The van der Waals surface area contributed by atoms with E-state index in [-0.39, 0.29) is 11.4 Å². The van der Waals surface area contributed by atoms with Gasteiger partial charge in [-0.25, -0.2) is 4.98 Å². The smallest absolute Gasteiger partial charge is 0.266 e. The van der Waals surface area contributed by atoms with E-state index in [1.807, 2.05) is 9.67 Å². The molecule has 0 aromatic carbocycles. The summed E-state index contributed by atoms with van der Waals surface area (Å²) in [6.07, 6.45) is 0. The molecule has 1 aromatic heterocycles. The Morgan fingerprint density at radius 3 is 1.86 bits per heavy atom. The lowest BCUT2D eigenvalue weighted by atomic mass is 10.3. The van der Waals surface area contributed by atoms with Crippen molar-refractivity contribution in [2.24, 2.45) is 0 Å². The maximum Gasteiger partial charge on any atom is 0.284 e. The highest BCUT2D eigenvalue weighted by molar-refractivity contribution is 6.24. The molecular formula is C7H5Cl2N3O2. The molecule has 0 saturated heterocycles. The monoisotopic (exact) mass is 233 g/mol. The molecule has 0 aliphatic rings. The molecule has 0 spiro atoms. The number of pyridine rings is 1. The first kappa shape index (κ1) is 10.7. The molecule has 0 saturated carbocycles. The van der Waals surface area contributed by atoms with Crippen molar-refractivity contribution in [3.8, 4) is 0 Å². The van der Waals surface area contributed by atoms with Crippen LogP contribution in [0.1, 0.15) is 21.0 Å². The van der Waals surface area contributed by atoms with Gasteiger partial charge in [-0.05, 0) is 12.1 Å². The van der Waals surface area contributed by atoms with Crippen molar-refractivity contribution >= 4 is 35.4 Å². The molecule has 0 fully saturated rings. The molecule has 1 rings (SSSR count). The zero-order chi connectivity index (χ0) is 10.6. The first-order valence-electron chi connectivity index (χ1n) is 3.48. The largest absolute Gasteiger partial charge is 0.284 e. The summed E-state index contributed by atoms with van der Waals surface area (Å²) in [4.78, 5) is 29.5. The minimum absolute atomic E-state index is 0.0396. The molecule has 0 atom stereocenters. The summed E-state index contributed by atoms with van der Waals surface area (Å²) in [5.74, 6) is -1.17. The molecule has 0 aliphatic heterocycles. The molecule has 0 aliphatic carbocycles. The van der Waals surface area contributed by atoms with Crippen molar-refractivity contribution in [1.82, 2.24) is 14.7 Å². The Bertz CT molecular complexity index is 338. The Morgan fingerprint density at radius 2 is 1.50 bits per heavy atom. The topological polar surface area (TPSA) is 71.1 Å². The van der Waals surface area contributed by atoms with Gasteiger partial charge in [0.25, 0.3) is 11.8 Å². The molecule has 14 heavy (non-hydrogen) atoms. The van der Waals surface area contributed by atoms with Gasteiger partial charge in [-0.1, -0.05) is 6.07 Å². The number of hydrogen-bond acceptors (Lipinski definition) is 3. The van der Waals surface area contributed by atoms with E-state index in [4.69, 9.17) is 23.6 Å². The summed E-state index contributed by atoms with van der Waals surface area (Å²) in [6, 6.07) is 4.33. The predicted molar refractivity (Wildman–Crippen MR) is 50.9 cm³/mol. The van der Waals surface area contributed by atoms with E-state index in [1.165, 1.54) is 18.2 Å². The summed E-state index contributed by atoms with van der Waals surface area (Å²) >= 11 is 10.2. The molecule has 5 nitrogen and oxygen atoms in total. The van der Waals surface area contributed by atoms with Crippen LogP contribution in [0.15, 0.2) is 18.2 Å². The van der Waals surface area contributed by atoms with Crippen molar-refractivity contribution in [3.05, 3.63) is 29.6 Å². The van der Waals surface area contributed by atoms with Gasteiger partial charge in [0.2, 0.25) is 0 Å². The van der Waals surface area contributed by atoms with Crippen LogP contribution in [0.5, 0.6) is 0 Å². The first-order valence-corrected chi connectivity index (χ1v) is 4.23. The number of amides is 2. The lowest BCUT2D eigenvalue weighted by molar-refractivity contribution is 0.0973. The zero-order valence-electron chi connectivity index (χ0n) is 6.75. The zero-order valence-corrected chi connectivity index (χ0v) is 8.26. The van der Waals surface area contributed by atoms with Crippen LogP contribution >= 0.6 is 23.6 Å².